The van der Waals surface area contributed by atoms with E-state index in [2.05, 4.69) is 14.1 Å². The van der Waals surface area contributed by atoms with E-state index >= 15 is 0 Å². The summed E-state index contributed by atoms with van der Waals surface area (Å²) in [5, 5.41) is 10.2. The Balaban J connectivity index is 1.66. The van der Waals surface area contributed by atoms with Gasteiger partial charge in [0.25, 0.3) is 0 Å². The molecule has 2 fully saturated rings. The zero-order chi connectivity index (χ0) is 16.6. The van der Waals surface area contributed by atoms with Crippen molar-refractivity contribution in [1.29, 1.82) is 0 Å². The summed E-state index contributed by atoms with van der Waals surface area (Å²) in [7, 11) is 4.56. The van der Waals surface area contributed by atoms with Gasteiger partial charge in [-0.1, -0.05) is 23.7 Å². The molecule has 0 radical (unpaired) electrons. The Labute approximate surface area is 142 Å². The monoisotopic (exact) mass is 338 g/mol. The standard InChI is InChI=1S/C18H25ClNO3/c1-20(2)14-7-8-15(20)10-16(9-14)23-18(22)17(11-21)12-3-5-13(19)6-4-12/h3-6,14-17,21H,7-11H2,1-2H3/q+1/t14-,15+,16?,17-/m1/s1. The first-order valence-electron chi connectivity index (χ1n) is 8.32. The molecule has 0 aromatic heterocycles. The van der Waals surface area contributed by atoms with Crippen LogP contribution in [0.4, 0.5) is 0 Å². The minimum Gasteiger partial charge on any atom is -0.461 e. The van der Waals surface area contributed by atoms with Gasteiger partial charge in [-0.25, -0.2) is 0 Å². The summed E-state index contributed by atoms with van der Waals surface area (Å²) in [6.45, 7) is -0.248. The SMILES string of the molecule is C[N+]1(C)[C@@H]2CC[C@H]1CC(OC(=O)[C@H](CO)c1ccc(Cl)cc1)C2. The van der Waals surface area contributed by atoms with Crippen LogP contribution in [0.3, 0.4) is 0 Å². The summed E-state index contributed by atoms with van der Waals surface area (Å²) in [6.07, 6.45) is 4.26. The molecule has 0 saturated carbocycles. The van der Waals surface area contributed by atoms with Gasteiger partial charge in [-0.2, -0.15) is 0 Å². The van der Waals surface area contributed by atoms with Crippen molar-refractivity contribution in [3.8, 4) is 0 Å². The Kier molecular flexibility index (Phi) is 4.68. The van der Waals surface area contributed by atoms with Gasteiger partial charge in [0.2, 0.25) is 0 Å². The van der Waals surface area contributed by atoms with Gasteiger partial charge >= 0.3 is 5.97 Å². The largest absolute Gasteiger partial charge is 0.461 e. The van der Waals surface area contributed by atoms with Gasteiger partial charge in [-0.05, 0) is 17.7 Å². The van der Waals surface area contributed by atoms with Crippen molar-refractivity contribution in [2.45, 2.75) is 49.8 Å². The third-order valence-corrected chi connectivity index (χ3v) is 6.06. The second kappa shape index (κ2) is 6.42. The molecular weight excluding hydrogens is 314 g/mol. The number of quaternary nitrogens is 1. The number of esters is 1. The fourth-order valence-corrected chi connectivity index (χ4v) is 4.31. The molecule has 2 aliphatic rings. The molecule has 2 aliphatic heterocycles. The van der Waals surface area contributed by atoms with Crippen molar-refractivity contribution in [3.63, 3.8) is 0 Å². The maximum Gasteiger partial charge on any atom is 0.316 e. The van der Waals surface area contributed by atoms with Crippen molar-refractivity contribution in [2.75, 3.05) is 20.7 Å². The van der Waals surface area contributed by atoms with Crippen LogP contribution in [-0.4, -0.2) is 54.4 Å². The minimum absolute atomic E-state index is 0.0208. The van der Waals surface area contributed by atoms with Crippen molar-refractivity contribution < 1.29 is 19.1 Å². The zero-order valence-corrected chi connectivity index (χ0v) is 14.5. The van der Waals surface area contributed by atoms with E-state index < -0.39 is 5.92 Å². The Hall–Kier alpha value is -1.10. The van der Waals surface area contributed by atoms with E-state index in [1.54, 1.807) is 24.3 Å². The molecule has 126 valence electrons. The van der Waals surface area contributed by atoms with Crippen molar-refractivity contribution in [2.24, 2.45) is 0 Å². The average Bonchev–Trinajstić information content (AvgIpc) is 2.67. The number of nitrogens with zero attached hydrogens (tertiary/aromatic N) is 1. The van der Waals surface area contributed by atoms with E-state index in [9.17, 15) is 9.90 Å². The Morgan fingerprint density at radius 1 is 1.26 bits per heavy atom. The number of rotatable bonds is 4. The molecule has 2 saturated heterocycles. The summed E-state index contributed by atoms with van der Waals surface area (Å²) < 4.78 is 6.81. The lowest BCUT2D eigenvalue weighted by Crippen LogP contribution is -2.56. The summed E-state index contributed by atoms with van der Waals surface area (Å²) in [5.74, 6) is -0.958. The molecule has 3 rings (SSSR count). The molecule has 0 amide bonds. The number of aliphatic hydroxyl groups is 1. The number of piperidine rings is 1. The van der Waals surface area contributed by atoms with Gasteiger partial charge in [0, 0.05) is 30.7 Å². The Morgan fingerprint density at radius 2 is 1.83 bits per heavy atom. The van der Waals surface area contributed by atoms with Gasteiger partial charge in [0.05, 0.1) is 32.8 Å². The summed E-state index contributed by atoms with van der Waals surface area (Å²) in [4.78, 5) is 12.5. The predicted octanol–water partition coefficient (Wildman–Crippen LogP) is 2.73. The first kappa shape index (κ1) is 16.7. The van der Waals surface area contributed by atoms with Crippen LogP contribution in [-0.2, 0) is 9.53 Å². The summed E-state index contributed by atoms with van der Waals surface area (Å²) in [6, 6.07) is 8.16. The highest BCUT2D eigenvalue weighted by atomic mass is 35.5. The third-order valence-electron chi connectivity index (χ3n) is 5.81. The lowest BCUT2D eigenvalue weighted by molar-refractivity contribution is -0.931. The fourth-order valence-electron chi connectivity index (χ4n) is 4.18. The number of fused-ring (bicyclic) bond motifs is 2. The van der Waals surface area contributed by atoms with E-state index in [0.29, 0.717) is 17.1 Å². The molecule has 1 unspecified atom stereocenters. The van der Waals surface area contributed by atoms with E-state index in [0.717, 1.165) is 22.9 Å². The van der Waals surface area contributed by atoms with Gasteiger partial charge in [-0.3, -0.25) is 4.79 Å². The van der Waals surface area contributed by atoms with Crippen LogP contribution in [0, 0.1) is 0 Å². The topological polar surface area (TPSA) is 46.5 Å². The molecule has 23 heavy (non-hydrogen) atoms. The Morgan fingerprint density at radius 3 is 2.35 bits per heavy atom. The maximum atomic E-state index is 12.5. The number of ether oxygens (including phenoxy) is 1. The number of aliphatic hydroxyl groups excluding tert-OH is 1. The fraction of sp³-hybridized carbons (Fsp3) is 0.611. The van der Waals surface area contributed by atoms with E-state index in [1.807, 2.05) is 0 Å². The van der Waals surface area contributed by atoms with E-state index in [1.165, 1.54) is 12.8 Å². The molecule has 1 aromatic carbocycles. The van der Waals surface area contributed by atoms with Crippen LogP contribution in [0.5, 0.6) is 0 Å². The minimum atomic E-state index is -0.630. The number of carbonyl (C=O) groups is 1. The normalized spacial score (nSPS) is 30.0. The number of carbonyl (C=O) groups excluding carboxylic acids is 1. The molecule has 0 aliphatic carbocycles. The smallest absolute Gasteiger partial charge is 0.316 e. The average molecular weight is 339 g/mol. The van der Waals surface area contributed by atoms with E-state index in [-0.39, 0.29) is 18.7 Å². The quantitative estimate of drug-likeness (QED) is 0.678. The van der Waals surface area contributed by atoms with Crippen LogP contribution < -0.4 is 0 Å². The van der Waals surface area contributed by atoms with Crippen molar-refractivity contribution in [3.05, 3.63) is 34.9 Å². The van der Waals surface area contributed by atoms with Crippen LogP contribution in [0.25, 0.3) is 0 Å². The van der Waals surface area contributed by atoms with E-state index in [4.69, 9.17) is 16.3 Å². The highest BCUT2D eigenvalue weighted by Gasteiger charge is 2.50. The highest BCUT2D eigenvalue weighted by Crippen LogP contribution is 2.40. The predicted molar refractivity (Wildman–Crippen MR) is 89.3 cm³/mol. The molecule has 2 heterocycles. The van der Waals surface area contributed by atoms with Crippen LogP contribution in [0.2, 0.25) is 5.02 Å². The lowest BCUT2D eigenvalue weighted by Gasteiger charge is -2.44. The summed E-state index contributed by atoms with van der Waals surface area (Å²) in [5.41, 5.74) is 0.747. The van der Waals surface area contributed by atoms with Gasteiger partial charge in [-0.15, -0.1) is 0 Å². The highest BCUT2D eigenvalue weighted by molar-refractivity contribution is 6.30. The number of hydrogen-bond donors (Lipinski definition) is 1. The first-order valence-corrected chi connectivity index (χ1v) is 8.69. The van der Waals surface area contributed by atoms with Crippen LogP contribution >= 0.6 is 11.6 Å². The molecule has 1 N–H and O–H groups in total. The third kappa shape index (κ3) is 3.25. The second-order valence-electron chi connectivity index (χ2n) is 7.33. The molecule has 2 bridgehead atoms. The zero-order valence-electron chi connectivity index (χ0n) is 13.7. The van der Waals surface area contributed by atoms with Crippen molar-refractivity contribution in [1.82, 2.24) is 0 Å². The Bertz CT molecular complexity index is 556. The molecule has 4 nitrogen and oxygen atoms in total. The van der Waals surface area contributed by atoms with Crippen LogP contribution in [0.15, 0.2) is 24.3 Å². The molecule has 5 heteroatoms. The number of halogens is 1. The van der Waals surface area contributed by atoms with Crippen LogP contribution in [0.1, 0.15) is 37.2 Å². The molecule has 1 aromatic rings. The first-order chi connectivity index (χ1) is 10.9. The maximum absolute atomic E-state index is 12.5. The van der Waals surface area contributed by atoms with Crippen molar-refractivity contribution >= 4 is 17.6 Å². The summed E-state index contributed by atoms with van der Waals surface area (Å²) >= 11 is 5.88. The number of benzene rings is 1. The van der Waals surface area contributed by atoms with Gasteiger partial charge in [0.1, 0.15) is 12.0 Å². The number of hydrogen-bond acceptors (Lipinski definition) is 3. The van der Waals surface area contributed by atoms with Gasteiger partial charge < -0.3 is 14.3 Å². The molecule has 4 atom stereocenters. The molecule has 0 spiro atoms. The van der Waals surface area contributed by atoms with Gasteiger partial charge in [0.15, 0.2) is 0 Å². The second-order valence-corrected chi connectivity index (χ2v) is 7.77. The molecular formula is C18H25ClNO3+. The lowest BCUT2D eigenvalue weighted by atomic mass is 9.96.